The zero-order valence-corrected chi connectivity index (χ0v) is 11.8. The third-order valence-electron chi connectivity index (χ3n) is 3.74. The van der Waals surface area contributed by atoms with E-state index in [-0.39, 0.29) is 0 Å². The molecule has 3 N–H and O–H groups in total. The van der Waals surface area contributed by atoms with Gasteiger partial charge in [-0.25, -0.2) is 4.98 Å². The summed E-state index contributed by atoms with van der Waals surface area (Å²) in [7, 11) is 0. The highest BCUT2D eigenvalue weighted by Crippen LogP contribution is 2.20. The van der Waals surface area contributed by atoms with E-state index >= 15 is 0 Å². The van der Waals surface area contributed by atoms with Crippen LogP contribution in [0.2, 0.25) is 0 Å². The number of hydrogen-bond donors (Lipinski definition) is 3. The molecule has 4 heteroatoms. The molecule has 0 aromatic carbocycles. The number of rotatable bonds is 6. The molecule has 0 spiro atoms. The van der Waals surface area contributed by atoms with Crippen LogP contribution in [0.25, 0.3) is 0 Å². The highest BCUT2D eigenvalue weighted by atomic mass is 15.0. The number of hydrogen-bond acceptors (Lipinski definition) is 3. The van der Waals surface area contributed by atoms with Crippen molar-refractivity contribution in [1.82, 2.24) is 9.97 Å². The van der Waals surface area contributed by atoms with Crippen LogP contribution in [0, 0.1) is 0 Å². The standard InChI is InChI=1S/C16H22N4/c1(2-9-18-15-8-11-17-12-15)5-14-7-6-13-4-3-10-19-16(13)20-14/h6-8,11-12,17-18H,1-5,9-10H2,(H,19,20). The Balaban J connectivity index is 1.42. The first-order chi connectivity index (χ1) is 9.92. The van der Waals surface area contributed by atoms with Crippen LogP contribution in [-0.2, 0) is 12.8 Å². The first-order valence-corrected chi connectivity index (χ1v) is 7.51. The van der Waals surface area contributed by atoms with Crippen molar-refractivity contribution in [2.24, 2.45) is 0 Å². The van der Waals surface area contributed by atoms with Gasteiger partial charge < -0.3 is 15.6 Å². The molecule has 0 fully saturated rings. The predicted octanol–water partition coefficient (Wildman–Crippen LogP) is 3.20. The molecule has 0 saturated carbocycles. The molecule has 1 aliphatic heterocycles. The molecule has 1 aliphatic rings. The number of aryl methyl sites for hydroxylation is 2. The average Bonchev–Trinajstić information content (AvgIpc) is 3.00. The molecule has 3 heterocycles. The minimum absolute atomic E-state index is 1.01. The average molecular weight is 270 g/mol. The number of unbranched alkanes of at least 4 members (excludes halogenated alkanes) is 1. The van der Waals surface area contributed by atoms with E-state index in [0.29, 0.717) is 0 Å². The molecule has 2 aromatic heterocycles. The second-order valence-corrected chi connectivity index (χ2v) is 5.32. The van der Waals surface area contributed by atoms with Gasteiger partial charge in [0.2, 0.25) is 0 Å². The van der Waals surface area contributed by atoms with Gasteiger partial charge in [0, 0.05) is 31.2 Å². The minimum atomic E-state index is 1.01. The van der Waals surface area contributed by atoms with Crippen LogP contribution in [0.5, 0.6) is 0 Å². The molecule has 0 amide bonds. The summed E-state index contributed by atoms with van der Waals surface area (Å²) in [5.41, 5.74) is 3.75. The lowest BCUT2D eigenvalue weighted by atomic mass is 10.1. The maximum atomic E-state index is 4.72. The zero-order valence-electron chi connectivity index (χ0n) is 11.8. The largest absolute Gasteiger partial charge is 0.384 e. The number of nitrogens with one attached hydrogen (secondary N) is 3. The van der Waals surface area contributed by atoms with E-state index in [9.17, 15) is 0 Å². The minimum Gasteiger partial charge on any atom is -0.384 e. The van der Waals surface area contributed by atoms with E-state index in [0.717, 1.165) is 38.2 Å². The van der Waals surface area contributed by atoms with Crippen molar-refractivity contribution in [2.75, 3.05) is 23.7 Å². The van der Waals surface area contributed by atoms with Gasteiger partial charge in [-0.1, -0.05) is 6.07 Å². The Morgan fingerprint density at radius 2 is 2.20 bits per heavy atom. The van der Waals surface area contributed by atoms with Crippen LogP contribution >= 0.6 is 0 Å². The fourth-order valence-electron chi connectivity index (χ4n) is 2.61. The molecular weight excluding hydrogens is 248 g/mol. The summed E-state index contributed by atoms with van der Waals surface area (Å²) >= 11 is 0. The Labute approximate surface area is 120 Å². The zero-order chi connectivity index (χ0) is 13.6. The van der Waals surface area contributed by atoms with Gasteiger partial charge in [0.1, 0.15) is 5.82 Å². The number of H-pyrrole nitrogens is 1. The van der Waals surface area contributed by atoms with Crippen molar-refractivity contribution < 1.29 is 0 Å². The smallest absolute Gasteiger partial charge is 0.129 e. The molecule has 20 heavy (non-hydrogen) atoms. The third-order valence-corrected chi connectivity index (χ3v) is 3.74. The van der Waals surface area contributed by atoms with Crippen molar-refractivity contribution in [1.29, 1.82) is 0 Å². The molecule has 0 bridgehead atoms. The second-order valence-electron chi connectivity index (χ2n) is 5.32. The molecule has 0 saturated heterocycles. The van der Waals surface area contributed by atoms with Crippen LogP contribution in [0.15, 0.2) is 30.6 Å². The molecule has 0 radical (unpaired) electrons. The number of aromatic nitrogens is 2. The SMILES string of the molecule is c1cc(NCCCCc2ccc3c(n2)NCCC3)c[nH]1. The van der Waals surface area contributed by atoms with Crippen molar-refractivity contribution in [2.45, 2.75) is 32.1 Å². The molecule has 0 unspecified atom stereocenters. The van der Waals surface area contributed by atoms with Gasteiger partial charge in [0.05, 0.1) is 5.69 Å². The van der Waals surface area contributed by atoms with E-state index in [4.69, 9.17) is 4.98 Å². The fraction of sp³-hybridized carbons (Fsp3) is 0.438. The lowest BCUT2D eigenvalue weighted by molar-refractivity contribution is 0.743. The van der Waals surface area contributed by atoms with Crippen LogP contribution in [0.3, 0.4) is 0 Å². The Morgan fingerprint density at radius 1 is 1.20 bits per heavy atom. The van der Waals surface area contributed by atoms with Gasteiger partial charge in [0.25, 0.3) is 0 Å². The summed E-state index contributed by atoms with van der Waals surface area (Å²) in [6.07, 6.45) is 9.70. The lowest BCUT2D eigenvalue weighted by Crippen LogP contribution is -2.14. The summed E-state index contributed by atoms with van der Waals surface area (Å²) in [6.45, 7) is 2.07. The topological polar surface area (TPSA) is 52.7 Å². The van der Waals surface area contributed by atoms with E-state index in [1.165, 1.54) is 29.8 Å². The first-order valence-electron chi connectivity index (χ1n) is 7.51. The number of nitrogens with zero attached hydrogens (tertiary/aromatic N) is 1. The van der Waals surface area contributed by atoms with Crippen LogP contribution < -0.4 is 10.6 Å². The number of pyridine rings is 1. The summed E-state index contributed by atoms with van der Waals surface area (Å²) in [5.74, 6) is 1.11. The van der Waals surface area contributed by atoms with Crippen LogP contribution in [-0.4, -0.2) is 23.1 Å². The van der Waals surface area contributed by atoms with Crippen LogP contribution in [0.4, 0.5) is 11.5 Å². The van der Waals surface area contributed by atoms with Crippen molar-refractivity contribution in [3.63, 3.8) is 0 Å². The van der Waals surface area contributed by atoms with Gasteiger partial charge in [-0.2, -0.15) is 0 Å². The van der Waals surface area contributed by atoms with E-state index < -0.39 is 0 Å². The molecule has 4 nitrogen and oxygen atoms in total. The maximum Gasteiger partial charge on any atom is 0.129 e. The molecular formula is C16H22N4. The molecule has 2 aromatic rings. The second kappa shape index (κ2) is 6.46. The first kappa shape index (κ1) is 13.0. The summed E-state index contributed by atoms with van der Waals surface area (Å²) in [6, 6.07) is 6.48. The number of fused-ring (bicyclic) bond motifs is 1. The fourth-order valence-corrected chi connectivity index (χ4v) is 2.61. The Morgan fingerprint density at radius 3 is 3.10 bits per heavy atom. The number of aromatic amines is 1. The van der Waals surface area contributed by atoms with Gasteiger partial charge in [-0.15, -0.1) is 0 Å². The molecule has 3 rings (SSSR count). The Kier molecular flexibility index (Phi) is 4.21. The van der Waals surface area contributed by atoms with Gasteiger partial charge in [0.15, 0.2) is 0 Å². The summed E-state index contributed by atoms with van der Waals surface area (Å²) in [5, 5.41) is 6.79. The van der Waals surface area contributed by atoms with E-state index in [1.54, 1.807) is 0 Å². The monoisotopic (exact) mass is 270 g/mol. The van der Waals surface area contributed by atoms with Gasteiger partial charge in [-0.3, -0.25) is 0 Å². The van der Waals surface area contributed by atoms with E-state index in [1.807, 2.05) is 12.4 Å². The normalized spacial score (nSPS) is 13.6. The Hall–Kier alpha value is -1.97. The van der Waals surface area contributed by atoms with Crippen LogP contribution in [0.1, 0.15) is 30.5 Å². The van der Waals surface area contributed by atoms with Crippen molar-refractivity contribution >= 4 is 11.5 Å². The predicted molar refractivity (Wildman–Crippen MR) is 83.3 cm³/mol. The Bertz CT molecular complexity index is 533. The third kappa shape index (κ3) is 3.32. The lowest BCUT2D eigenvalue weighted by Gasteiger charge is -2.17. The number of anilines is 2. The molecule has 106 valence electrons. The molecule has 0 aliphatic carbocycles. The molecule has 0 atom stereocenters. The maximum absolute atomic E-state index is 4.72. The quantitative estimate of drug-likeness (QED) is 0.707. The van der Waals surface area contributed by atoms with Crippen molar-refractivity contribution in [3.8, 4) is 0 Å². The highest BCUT2D eigenvalue weighted by molar-refractivity contribution is 5.47. The summed E-state index contributed by atoms with van der Waals surface area (Å²) < 4.78 is 0. The van der Waals surface area contributed by atoms with Gasteiger partial charge >= 0.3 is 0 Å². The van der Waals surface area contributed by atoms with Crippen molar-refractivity contribution in [3.05, 3.63) is 41.9 Å². The highest BCUT2D eigenvalue weighted by Gasteiger charge is 2.09. The summed E-state index contributed by atoms with van der Waals surface area (Å²) in [4.78, 5) is 7.77. The van der Waals surface area contributed by atoms with E-state index in [2.05, 4.69) is 33.8 Å². The van der Waals surface area contributed by atoms with Gasteiger partial charge in [-0.05, 0) is 49.8 Å².